The quantitative estimate of drug-likeness (QED) is 0.294. The van der Waals surface area contributed by atoms with Crippen molar-refractivity contribution in [2.75, 3.05) is 12.7 Å². The van der Waals surface area contributed by atoms with E-state index in [4.69, 9.17) is 0 Å². The van der Waals surface area contributed by atoms with Gasteiger partial charge in [0.15, 0.2) is 0 Å². The predicted molar refractivity (Wildman–Crippen MR) is 127 cm³/mol. The van der Waals surface area contributed by atoms with Crippen molar-refractivity contribution < 1.29 is 9.59 Å². The molecule has 0 spiro atoms. The van der Waals surface area contributed by atoms with Gasteiger partial charge in [0.2, 0.25) is 0 Å². The van der Waals surface area contributed by atoms with Crippen LogP contribution in [0.1, 0.15) is 27.1 Å². The Morgan fingerprint density at radius 1 is 0.806 bits per heavy atom. The minimum atomic E-state index is -0.655. The highest BCUT2D eigenvalue weighted by Crippen LogP contribution is 2.38. The number of fused-ring (bicyclic) bond motifs is 1. The summed E-state index contributed by atoms with van der Waals surface area (Å²) in [5.74, 6) is -0.482. The minimum Gasteiger partial charge on any atom is -0.274 e. The van der Waals surface area contributed by atoms with Crippen molar-refractivity contribution in [1.29, 1.82) is 5.26 Å². The minimum absolute atomic E-state index is 0.0147. The van der Waals surface area contributed by atoms with Crippen molar-refractivity contribution in [2.45, 2.75) is 11.7 Å². The van der Waals surface area contributed by atoms with E-state index < -0.39 is 7.92 Å². The van der Waals surface area contributed by atoms with Gasteiger partial charge in [0, 0.05) is 11.8 Å². The van der Waals surface area contributed by atoms with Gasteiger partial charge in [-0.15, -0.1) is 0 Å². The van der Waals surface area contributed by atoms with Gasteiger partial charge >= 0.3 is 0 Å². The third kappa shape index (κ3) is 4.71. The van der Waals surface area contributed by atoms with Gasteiger partial charge in [-0.1, -0.05) is 72.8 Å². The molecule has 1 atom stereocenters. The van der Waals surface area contributed by atoms with Crippen molar-refractivity contribution >= 4 is 42.1 Å². The summed E-state index contributed by atoms with van der Waals surface area (Å²) >= 11 is 1.24. The molecule has 0 saturated carbocycles. The number of nitriles is 1. The van der Waals surface area contributed by atoms with Crippen molar-refractivity contribution in [3.05, 3.63) is 96.1 Å². The third-order valence-corrected chi connectivity index (χ3v) is 9.03. The molecule has 0 radical (unpaired) electrons. The summed E-state index contributed by atoms with van der Waals surface area (Å²) in [6.07, 6.45) is 1.40. The molecule has 3 aromatic rings. The number of carbonyl (C=O) groups excluding carboxylic acids is 2. The van der Waals surface area contributed by atoms with Crippen molar-refractivity contribution in [1.82, 2.24) is 4.90 Å². The molecule has 4 rings (SSSR count). The van der Waals surface area contributed by atoms with Crippen LogP contribution in [0, 0.1) is 10.7 Å². The van der Waals surface area contributed by atoms with Gasteiger partial charge in [-0.05, 0) is 55.0 Å². The summed E-state index contributed by atoms with van der Waals surface area (Å²) < 4.78 is 0. The van der Waals surface area contributed by atoms with Crippen LogP contribution in [0.15, 0.2) is 84.9 Å². The number of imide groups is 1. The molecule has 1 aliphatic rings. The van der Waals surface area contributed by atoms with E-state index in [1.807, 2.05) is 36.4 Å². The number of thiocyanates is 1. The predicted octanol–water partition coefficient (Wildman–Crippen LogP) is 4.39. The zero-order chi connectivity index (χ0) is 21.6. The topological polar surface area (TPSA) is 61.2 Å². The van der Waals surface area contributed by atoms with Crippen LogP contribution in [0.5, 0.6) is 0 Å². The third-order valence-electron chi connectivity index (χ3n) is 5.29. The highest BCUT2D eigenvalue weighted by molar-refractivity contribution is 8.04. The van der Waals surface area contributed by atoms with Crippen LogP contribution >= 0.6 is 19.7 Å². The molecule has 1 heterocycles. The molecule has 154 valence electrons. The maximum absolute atomic E-state index is 12.7. The lowest BCUT2D eigenvalue weighted by Crippen LogP contribution is -2.33. The first kappa shape index (κ1) is 21.3. The van der Waals surface area contributed by atoms with E-state index in [0.717, 1.165) is 6.16 Å². The molecular formula is C25H21N2O2PS. The summed E-state index contributed by atoms with van der Waals surface area (Å²) in [5.41, 5.74) is 0.931. The van der Waals surface area contributed by atoms with Gasteiger partial charge in [-0.25, -0.2) is 0 Å². The number of amides is 2. The molecule has 4 nitrogen and oxygen atoms in total. The molecule has 0 aromatic heterocycles. The number of hydrogen-bond acceptors (Lipinski definition) is 4. The number of hydrogen-bond donors (Lipinski definition) is 0. The Kier molecular flexibility index (Phi) is 6.82. The van der Waals surface area contributed by atoms with E-state index in [1.54, 1.807) is 24.3 Å². The average Bonchev–Trinajstić information content (AvgIpc) is 3.06. The fraction of sp³-hybridized carbons (Fsp3) is 0.160. The van der Waals surface area contributed by atoms with Gasteiger partial charge in [0.1, 0.15) is 5.40 Å². The van der Waals surface area contributed by atoms with Crippen molar-refractivity contribution in [3.8, 4) is 5.40 Å². The second-order valence-electron chi connectivity index (χ2n) is 7.21. The van der Waals surface area contributed by atoms with Crippen LogP contribution in [-0.4, -0.2) is 34.7 Å². The van der Waals surface area contributed by atoms with Gasteiger partial charge in [-0.2, -0.15) is 5.26 Å². The van der Waals surface area contributed by atoms with Gasteiger partial charge < -0.3 is 0 Å². The van der Waals surface area contributed by atoms with Gasteiger partial charge in [-0.3, -0.25) is 14.5 Å². The molecule has 0 saturated heterocycles. The molecule has 1 aliphatic heterocycles. The second kappa shape index (κ2) is 9.92. The summed E-state index contributed by atoms with van der Waals surface area (Å²) in [7, 11) is -0.655. The van der Waals surface area contributed by atoms with E-state index in [-0.39, 0.29) is 17.1 Å². The molecule has 0 N–H and O–H groups in total. The number of nitrogens with zero attached hydrogens (tertiary/aromatic N) is 2. The summed E-state index contributed by atoms with van der Waals surface area (Å²) in [4.78, 5) is 26.7. The summed E-state index contributed by atoms with van der Waals surface area (Å²) in [6.45, 7) is 0.318. The Morgan fingerprint density at radius 3 is 1.77 bits per heavy atom. The van der Waals surface area contributed by atoms with E-state index in [0.29, 0.717) is 24.1 Å². The monoisotopic (exact) mass is 444 g/mol. The molecule has 3 aromatic carbocycles. The Labute approximate surface area is 187 Å². The first-order valence-electron chi connectivity index (χ1n) is 10.1. The van der Waals surface area contributed by atoms with Crippen LogP contribution in [-0.2, 0) is 0 Å². The van der Waals surface area contributed by atoms with Crippen molar-refractivity contribution in [2.24, 2.45) is 0 Å². The Bertz CT molecular complexity index is 1040. The highest BCUT2D eigenvalue weighted by atomic mass is 32.2. The normalized spacial score (nSPS) is 13.9. The lowest BCUT2D eigenvalue weighted by Gasteiger charge is -2.24. The Hall–Kier alpha value is -2.93. The molecule has 1 unspecified atom stereocenters. The standard InChI is InChI=1S/C25H21N2O2PS/c26-18-31-21(15-16-27-24(28)22-13-7-8-14-23(22)25(27)29)17-30(19-9-3-1-4-10-19)20-11-5-2-6-12-20/h1-14,21H,15-17H2. The second-order valence-corrected chi connectivity index (χ2v) is 10.5. The van der Waals surface area contributed by atoms with E-state index in [1.165, 1.54) is 27.3 Å². The van der Waals surface area contributed by atoms with E-state index in [9.17, 15) is 14.9 Å². The maximum atomic E-state index is 12.7. The number of carbonyl (C=O) groups is 2. The van der Waals surface area contributed by atoms with Crippen LogP contribution in [0.25, 0.3) is 0 Å². The SMILES string of the molecule is N#CSC(CCN1C(=O)c2ccccc2C1=O)CP(c1ccccc1)c1ccccc1. The van der Waals surface area contributed by atoms with Crippen LogP contribution in [0.4, 0.5) is 0 Å². The number of benzene rings is 3. The fourth-order valence-corrected chi connectivity index (χ4v) is 7.25. The molecule has 6 heteroatoms. The fourth-order valence-electron chi connectivity index (χ4n) is 3.76. The van der Waals surface area contributed by atoms with Crippen molar-refractivity contribution in [3.63, 3.8) is 0 Å². The number of thioether (sulfide) groups is 1. The summed E-state index contributed by atoms with van der Waals surface area (Å²) in [5, 5.41) is 14.2. The molecular weight excluding hydrogens is 423 g/mol. The van der Waals surface area contributed by atoms with E-state index >= 15 is 0 Å². The zero-order valence-corrected chi connectivity index (χ0v) is 18.6. The molecule has 0 fully saturated rings. The molecule has 0 aliphatic carbocycles. The Morgan fingerprint density at radius 2 is 1.29 bits per heavy atom. The number of rotatable bonds is 8. The highest BCUT2D eigenvalue weighted by Gasteiger charge is 2.35. The first-order valence-corrected chi connectivity index (χ1v) is 12.5. The van der Waals surface area contributed by atoms with Gasteiger partial charge in [0.25, 0.3) is 11.8 Å². The maximum Gasteiger partial charge on any atom is 0.261 e. The Balaban J connectivity index is 1.51. The first-order chi connectivity index (χ1) is 15.2. The van der Waals surface area contributed by atoms with Crippen LogP contribution in [0.3, 0.4) is 0 Å². The lowest BCUT2D eigenvalue weighted by molar-refractivity contribution is 0.0653. The smallest absolute Gasteiger partial charge is 0.261 e. The zero-order valence-electron chi connectivity index (χ0n) is 16.8. The average molecular weight is 444 g/mol. The summed E-state index contributed by atoms with van der Waals surface area (Å²) in [6, 6.07) is 27.7. The van der Waals surface area contributed by atoms with Crippen LogP contribution in [0.2, 0.25) is 0 Å². The molecule has 0 bridgehead atoms. The lowest BCUT2D eigenvalue weighted by atomic mass is 10.1. The largest absolute Gasteiger partial charge is 0.274 e. The molecule has 2 amide bonds. The van der Waals surface area contributed by atoms with E-state index in [2.05, 4.69) is 29.7 Å². The molecule has 31 heavy (non-hydrogen) atoms. The van der Waals surface area contributed by atoms with Gasteiger partial charge in [0.05, 0.1) is 11.1 Å². The van der Waals surface area contributed by atoms with Crippen LogP contribution < -0.4 is 10.6 Å².